The van der Waals surface area contributed by atoms with Crippen molar-refractivity contribution in [1.82, 2.24) is 20.3 Å². The number of hydrogen-bond donors (Lipinski definition) is 2. The van der Waals surface area contributed by atoms with Gasteiger partial charge in [-0.1, -0.05) is 31.5 Å². The number of carbonyl (C=O) groups is 1. The van der Waals surface area contributed by atoms with Crippen LogP contribution in [0.15, 0.2) is 36.7 Å². The van der Waals surface area contributed by atoms with Gasteiger partial charge in [0.05, 0.1) is 23.7 Å². The lowest BCUT2D eigenvalue weighted by atomic mass is 9.88. The lowest BCUT2D eigenvalue weighted by molar-refractivity contribution is 0.00593. The second-order valence-electron chi connectivity index (χ2n) is 5.75. The molecular weight excluding hydrogens is 280 g/mol. The molecule has 0 aliphatic rings. The smallest absolute Gasteiger partial charge is 0.251 e. The summed E-state index contributed by atoms with van der Waals surface area (Å²) in [6.45, 7) is 5.95. The van der Waals surface area contributed by atoms with Gasteiger partial charge in [0.2, 0.25) is 0 Å². The minimum absolute atomic E-state index is 0.106. The van der Waals surface area contributed by atoms with Gasteiger partial charge in [0.1, 0.15) is 0 Å². The first kappa shape index (κ1) is 16.2. The Labute approximate surface area is 130 Å². The molecule has 118 valence electrons. The van der Waals surface area contributed by atoms with Crippen LogP contribution in [0.4, 0.5) is 0 Å². The van der Waals surface area contributed by atoms with Gasteiger partial charge in [-0.15, -0.1) is 5.10 Å². The number of hydrogen-bond acceptors (Lipinski definition) is 4. The fourth-order valence-corrected chi connectivity index (χ4v) is 2.11. The van der Waals surface area contributed by atoms with E-state index in [4.69, 9.17) is 0 Å². The van der Waals surface area contributed by atoms with E-state index in [9.17, 15) is 9.90 Å². The van der Waals surface area contributed by atoms with Gasteiger partial charge >= 0.3 is 0 Å². The van der Waals surface area contributed by atoms with Gasteiger partial charge in [-0.05, 0) is 31.0 Å². The minimum Gasteiger partial charge on any atom is -0.388 e. The second-order valence-corrected chi connectivity index (χ2v) is 5.75. The number of nitrogens with one attached hydrogen (secondary N) is 1. The number of aliphatic hydroxyl groups is 1. The predicted molar refractivity (Wildman–Crippen MR) is 83.8 cm³/mol. The first-order chi connectivity index (χ1) is 10.4. The van der Waals surface area contributed by atoms with Gasteiger partial charge in [-0.25, -0.2) is 4.68 Å². The molecule has 6 heteroatoms. The highest BCUT2D eigenvalue weighted by Crippen LogP contribution is 2.19. The number of carbonyl (C=O) groups excluding carboxylic acids is 1. The zero-order valence-electron chi connectivity index (χ0n) is 13.2. The Hall–Kier alpha value is -2.21. The molecule has 6 nitrogen and oxygen atoms in total. The molecular formula is C16H22N4O2. The lowest BCUT2D eigenvalue weighted by Gasteiger charge is -2.29. The van der Waals surface area contributed by atoms with Crippen LogP contribution in [0.3, 0.4) is 0 Å². The van der Waals surface area contributed by atoms with Crippen LogP contribution in [-0.4, -0.2) is 38.2 Å². The van der Waals surface area contributed by atoms with E-state index in [1.54, 1.807) is 42.2 Å². The van der Waals surface area contributed by atoms with Crippen LogP contribution in [0.2, 0.25) is 0 Å². The zero-order chi connectivity index (χ0) is 16.2. The highest BCUT2D eigenvalue weighted by Gasteiger charge is 2.27. The van der Waals surface area contributed by atoms with E-state index in [0.717, 1.165) is 12.1 Å². The van der Waals surface area contributed by atoms with Crippen LogP contribution >= 0.6 is 0 Å². The van der Waals surface area contributed by atoms with E-state index in [1.165, 1.54) is 0 Å². The van der Waals surface area contributed by atoms with Crippen LogP contribution in [0.5, 0.6) is 0 Å². The maximum absolute atomic E-state index is 12.3. The molecule has 2 aromatic rings. The van der Waals surface area contributed by atoms with Gasteiger partial charge < -0.3 is 10.4 Å². The van der Waals surface area contributed by atoms with Crippen LogP contribution in [0, 0.1) is 5.92 Å². The van der Waals surface area contributed by atoms with Crippen molar-refractivity contribution in [3.05, 3.63) is 42.2 Å². The molecule has 2 atom stereocenters. The molecule has 0 saturated heterocycles. The molecule has 0 radical (unpaired) electrons. The molecule has 1 heterocycles. The summed E-state index contributed by atoms with van der Waals surface area (Å²) in [5, 5.41) is 20.8. The first-order valence-corrected chi connectivity index (χ1v) is 7.41. The highest BCUT2D eigenvalue weighted by atomic mass is 16.3. The Morgan fingerprint density at radius 3 is 2.91 bits per heavy atom. The maximum atomic E-state index is 12.3. The van der Waals surface area contributed by atoms with Gasteiger partial charge in [0.25, 0.3) is 5.91 Å². The normalized spacial score (nSPS) is 15.1. The van der Waals surface area contributed by atoms with Gasteiger partial charge in [0, 0.05) is 12.1 Å². The fourth-order valence-electron chi connectivity index (χ4n) is 2.11. The Kier molecular flexibility index (Phi) is 4.92. The van der Waals surface area contributed by atoms with Crippen LogP contribution < -0.4 is 5.32 Å². The molecule has 0 spiro atoms. The SMILES string of the molecule is CCC(C)C(C)(O)CNC(=O)c1cccc(-n2ccnn2)c1. The molecule has 0 saturated carbocycles. The number of nitrogens with zero attached hydrogens (tertiary/aromatic N) is 3. The summed E-state index contributed by atoms with van der Waals surface area (Å²) in [6, 6.07) is 7.11. The summed E-state index contributed by atoms with van der Waals surface area (Å²) < 4.78 is 1.59. The zero-order valence-corrected chi connectivity index (χ0v) is 13.2. The van der Waals surface area contributed by atoms with Crippen molar-refractivity contribution in [3.8, 4) is 5.69 Å². The quantitative estimate of drug-likeness (QED) is 0.852. The number of rotatable bonds is 6. The van der Waals surface area contributed by atoms with Gasteiger partial charge in [0.15, 0.2) is 0 Å². The predicted octanol–water partition coefficient (Wildman–Crippen LogP) is 1.79. The first-order valence-electron chi connectivity index (χ1n) is 7.41. The van der Waals surface area contributed by atoms with Crippen LogP contribution in [0.25, 0.3) is 5.69 Å². The number of amides is 1. The molecule has 1 amide bonds. The summed E-state index contributed by atoms with van der Waals surface area (Å²) in [7, 11) is 0. The largest absolute Gasteiger partial charge is 0.388 e. The molecule has 2 rings (SSSR count). The summed E-state index contributed by atoms with van der Waals surface area (Å²) in [5.41, 5.74) is 0.361. The monoisotopic (exact) mass is 302 g/mol. The van der Waals surface area contributed by atoms with Crippen molar-refractivity contribution in [3.63, 3.8) is 0 Å². The Balaban J connectivity index is 2.06. The van der Waals surface area contributed by atoms with E-state index in [-0.39, 0.29) is 18.4 Å². The van der Waals surface area contributed by atoms with Crippen molar-refractivity contribution in [2.24, 2.45) is 5.92 Å². The molecule has 1 aromatic carbocycles. The third-order valence-electron chi connectivity index (χ3n) is 4.08. The Morgan fingerprint density at radius 1 is 1.50 bits per heavy atom. The topological polar surface area (TPSA) is 80.0 Å². The molecule has 2 N–H and O–H groups in total. The van der Waals surface area contributed by atoms with E-state index in [1.807, 2.05) is 19.9 Å². The van der Waals surface area contributed by atoms with Crippen molar-refractivity contribution in [1.29, 1.82) is 0 Å². The van der Waals surface area contributed by atoms with Gasteiger partial charge in [-0.2, -0.15) is 0 Å². The highest BCUT2D eigenvalue weighted by molar-refractivity contribution is 5.94. The molecule has 22 heavy (non-hydrogen) atoms. The summed E-state index contributed by atoms with van der Waals surface area (Å²) in [6.07, 6.45) is 4.14. The third-order valence-corrected chi connectivity index (χ3v) is 4.08. The Bertz CT molecular complexity index is 623. The third kappa shape index (κ3) is 3.71. The summed E-state index contributed by atoms with van der Waals surface area (Å²) in [4.78, 5) is 12.3. The van der Waals surface area contributed by atoms with Crippen LogP contribution in [0.1, 0.15) is 37.6 Å². The van der Waals surface area contributed by atoms with E-state index < -0.39 is 5.60 Å². The molecule has 2 unspecified atom stereocenters. The molecule has 0 fully saturated rings. The fraction of sp³-hybridized carbons (Fsp3) is 0.438. The van der Waals surface area contributed by atoms with Crippen molar-refractivity contribution in [2.75, 3.05) is 6.54 Å². The average molecular weight is 302 g/mol. The molecule has 1 aromatic heterocycles. The second kappa shape index (κ2) is 6.70. The van der Waals surface area contributed by atoms with E-state index in [2.05, 4.69) is 15.6 Å². The van der Waals surface area contributed by atoms with Crippen molar-refractivity contribution < 1.29 is 9.90 Å². The maximum Gasteiger partial charge on any atom is 0.251 e. The lowest BCUT2D eigenvalue weighted by Crippen LogP contribution is -2.45. The summed E-state index contributed by atoms with van der Waals surface area (Å²) in [5.74, 6) is -0.111. The number of aromatic nitrogens is 3. The molecule has 0 aliphatic heterocycles. The van der Waals surface area contributed by atoms with E-state index in [0.29, 0.717) is 5.56 Å². The number of benzene rings is 1. The average Bonchev–Trinajstić information content (AvgIpc) is 3.06. The van der Waals surface area contributed by atoms with Crippen LogP contribution in [-0.2, 0) is 0 Å². The van der Waals surface area contributed by atoms with Crippen molar-refractivity contribution >= 4 is 5.91 Å². The standard InChI is InChI=1S/C16H22N4O2/c1-4-12(2)16(3,22)11-17-15(21)13-6-5-7-14(10-13)20-9-8-18-19-20/h5-10,12,22H,4,11H2,1-3H3,(H,17,21). The minimum atomic E-state index is -0.923. The summed E-state index contributed by atoms with van der Waals surface area (Å²) >= 11 is 0. The van der Waals surface area contributed by atoms with Crippen molar-refractivity contribution in [2.45, 2.75) is 32.8 Å². The molecule has 0 bridgehead atoms. The van der Waals surface area contributed by atoms with E-state index >= 15 is 0 Å². The Morgan fingerprint density at radius 2 is 2.27 bits per heavy atom. The molecule has 0 aliphatic carbocycles. The van der Waals surface area contributed by atoms with Gasteiger partial charge in [-0.3, -0.25) is 4.79 Å².